The molecule has 0 bridgehead atoms. The first kappa shape index (κ1) is 23.5. The van der Waals surface area contributed by atoms with E-state index in [2.05, 4.69) is 157 Å². The Hall–Kier alpha value is -5.18. The largest absolute Gasteiger partial charge is 0.309 e. The fourth-order valence-electron chi connectivity index (χ4n) is 6.78. The van der Waals surface area contributed by atoms with E-state index in [9.17, 15) is 0 Å². The number of hydrogen-bond acceptors (Lipinski definition) is 2. The van der Waals surface area contributed by atoms with Crippen molar-refractivity contribution in [3.63, 3.8) is 0 Å². The fourth-order valence-corrected chi connectivity index (χ4v) is 7.93. The van der Waals surface area contributed by atoms with Crippen LogP contribution in [0, 0.1) is 0 Å². The molecule has 196 valence electrons. The summed E-state index contributed by atoms with van der Waals surface area (Å²) in [4.78, 5) is 2.48. The minimum absolute atomic E-state index is 1.15. The van der Waals surface area contributed by atoms with E-state index in [0.717, 1.165) is 5.69 Å². The number of anilines is 3. The molecule has 0 aliphatic heterocycles. The van der Waals surface area contributed by atoms with Gasteiger partial charge in [0.2, 0.25) is 0 Å². The number of fused-ring (bicyclic) bond motifs is 10. The molecule has 0 fully saturated rings. The maximum atomic E-state index is 2.48. The Kier molecular flexibility index (Phi) is 5.13. The van der Waals surface area contributed by atoms with E-state index in [1.54, 1.807) is 0 Å². The highest BCUT2D eigenvalue weighted by atomic mass is 32.1. The van der Waals surface area contributed by atoms with Crippen molar-refractivity contribution < 1.29 is 0 Å². The highest BCUT2D eigenvalue weighted by Gasteiger charge is 2.22. The summed E-state index contributed by atoms with van der Waals surface area (Å²) in [6.07, 6.45) is 0. The third-order valence-corrected chi connectivity index (χ3v) is 9.71. The van der Waals surface area contributed by atoms with Gasteiger partial charge in [0.05, 0.1) is 11.4 Å². The maximum Gasteiger partial charge on any atom is 0.0555 e. The summed E-state index contributed by atoms with van der Waals surface area (Å²) in [5.41, 5.74) is 3.54. The topological polar surface area (TPSA) is 3.24 Å². The number of benzene rings is 8. The number of thiophene rings is 1. The Labute approximate surface area is 247 Å². The first-order chi connectivity index (χ1) is 20.8. The third kappa shape index (κ3) is 3.43. The van der Waals surface area contributed by atoms with Crippen LogP contribution in [0.25, 0.3) is 63.3 Å². The summed E-state index contributed by atoms with van der Waals surface area (Å²) in [5.74, 6) is 0. The molecule has 42 heavy (non-hydrogen) atoms. The van der Waals surface area contributed by atoms with Crippen LogP contribution < -0.4 is 4.90 Å². The first-order valence-corrected chi connectivity index (χ1v) is 15.2. The molecule has 2 heteroatoms. The number of nitrogens with zero attached hydrogens (tertiary/aromatic N) is 1. The summed E-state index contributed by atoms with van der Waals surface area (Å²) in [6, 6.07) is 55.5. The van der Waals surface area contributed by atoms with Gasteiger partial charge < -0.3 is 4.90 Å². The third-order valence-electron chi connectivity index (χ3n) is 8.59. The second-order valence-electron chi connectivity index (χ2n) is 10.9. The van der Waals surface area contributed by atoms with Crippen LogP contribution in [0.2, 0.25) is 0 Å². The summed E-state index contributed by atoms with van der Waals surface area (Å²) >= 11 is 1.88. The second kappa shape index (κ2) is 9.17. The fraction of sp³-hybridized carbons (Fsp3) is 0. The van der Waals surface area contributed by atoms with Crippen LogP contribution in [0.4, 0.5) is 17.1 Å². The van der Waals surface area contributed by atoms with E-state index in [1.165, 1.54) is 74.6 Å². The van der Waals surface area contributed by atoms with Gasteiger partial charge in [-0.2, -0.15) is 0 Å². The molecule has 0 unspecified atom stereocenters. The molecule has 1 nitrogen and oxygen atoms in total. The molecule has 1 aromatic heterocycles. The zero-order valence-corrected chi connectivity index (χ0v) is 23.6. The highest BCUT2D eigenvalue weighted by molar-refractivity contribution is 7.26. The molecule has 9 aromatic rings. The summed E-state index contributed by atoms with van der Waals surface area (Å²) < 4.78 is 2.62. The van der Waals surface area contributed by atoms with E-state index >= 15 is 0 Å². The number of hydrogen-bond donors (Lipinski definition) is 0. The zero-order valence-electron chi connectivity index (χ0n) is 22.8. The van der Waals surface area contributed by atoms with Crippen molar-refractivity contribution >= 4 is 91.7 Å². The molecule has 0 spiro atoms. The lowest BCUT2D eigenvalue weighted by molar-refractivity contribution is 1.32. The molecule has 0 aliphatic carbocycles. The highest BCUT2D eigenvalue weighted by Crippen LogP contribution is 2.49. The van der Waals surface area contributed by atoms with Crippen LogP contribution in [0.15, 0.2) is 152 Å². The molecule has 0 amide bonds. The monoisotopic (exact) mass is 551 g/mol. The molecule has 1 heterocycles. The van der Waals surface area contributed by atoms with E-state index in [1.807, 2.05) is 11.3 Å². The van der Waals surface area contributed by atoms with Gasteiger partial charge in [0.25, 0.3) is 0 Å². The molecule has 0 saturated heterocycles. The van der Waals surface area contributed by atoms with Crippen molar-refractivity contribution in [3.05, 3.63) is 152 Å². The van der Waals surface area contributed by atoms with Crippen molar-refractivity contribution in [1.29, 1.82) is 0 Å². The molecule has 0 saturated carbocycles. The predicted molar refractivity (Wildman–Crippen MR) is 184 cm³/mol. The van der Waals surface area contributed by atoms with Crippen molar-refractivity contribution in [2.75, 3.05) is 4.90 Å². The lowest BCUT2D eigenvalue weighted by Crippen LogP contribution is -2.11. The van der Waals surface area contributed by atoms with Crippen molar-refractivity contribution in [2.24, 2.45) is 0 Å². The Balaban J connectivity index is 1.45. The van der Waals surface area contributed by atoms with Gasteiger partial charge in [-0.1, -0.05) is 115 Å². The SMILES string of the molecule is c1ccc(N(c2cc3ccc4ccccc4c3c3ccccc23)c2cccc3sc4ccc5ccccc5c4c23)cc1. The van der Waals surface area contributed by atoms with Gasteiger partial charge in [0, 0.05) is 31.2 Å². The van der Waals surface area contributed by atoms with Crippen LogP contribution in [-0.4, -0.2) is 0 Å². The van der Waals surface area contributed by atoms with Gasteiger partial charge in [0.1, 0.15) is 0 Å². The molecule has 0 aliphatic rings. The molecule has 9 rings (SSSR count). The molecule has 0 atom stereocenters. The van der Waals surface area contributed by atoms with E-state index in [4.69, 9.17) is 0 Å². The van der Waals surface area contributed by atoms with Gasteiger partial charge in [-0.15, -0.1) is 11.3 Å². The summed E-state index contributed by atoms with van der Waals surface area (Å²) in [6.45, 7) is 0. The molecule has 0 N–H and O–H groups in total. The van der Waals surface area contributed by atoms with Gasteiger partial charge >= 0.3 is 0 Å². The van der Waals surface area contributed by atoms with E-state index < -0.39 is 0 Å². The van der Waals surface area contributed by atoms with E-state index in [0.29, 0.717) is 0 Å². The number of para-hydroxylation sites is 1. The van der Waals surface area contributed by atoms with Crippen molar-refractivity contribution in [1.82, 2.24) is 0 Å². The lowest BCUT2D eigenvalue weighted by atomic mass is 9.94. The standard InChI is InChI=1S/C40H25NS/c1-2-13-29(14-3-1)41(34-19-10-20-36-40(34)39-31-16-7-5-12-27(31)23-24-37(39)42-36)35-25-28-22-21-26-11-4-6-15-30(26)38(28)33-18-9-8-17-32(33)35/h1-25H. The Morgan fingerprint density at radius 1 is 0.357 bits per heavy atom. The normalized spacial score (nSPS) is 11.8. The van der Waals surface area contributed by atoms with Gasteiger partial charge in [-0.25, -0.2) is 0 Å². The number of rotatable bonds is 3. The molecular weight excluding hydrogens is 527 g/mol. The average Bonchev–Trinajstić information content (AvgIpc) is 3.45. The van der Waals surface area contributed by atoms with Crippen LogP contribution in [0.1, 0.15) is 0 Å². The van der Waals surface area contributed by atoms with Crippen molar-refractivity contribution in [2.45, 2.75) is 0 Å². The van der Waals surface area contributed by atoms with Crippen LogP contribution >= 0.6 is 11.3 Å². The van der Waals surface area contributed by atoms with Gasteiger partial charge in [0.15, 0.2) is 0 Å². The summed E-state index contributed by atoms with van der Waals surface area (Å²) in [7, 11) is 0. The van der Waals surface area contributed by atoms with Gasteiger partial charge in [-0.05, 0) is 74.1 Å². The molecule has 8 aromatic carbocycles. The zero-order chi connectivity index (χ0) is 27.6. The lowest BCUT2D eigenvalue weighted by Gasteiger charge is -2.28. The average molecular weight is 552 g/mol. The minimum Gasteiger partial charge on any atom is -0.309 e. The van der Waals surface area contributed by atoms with Crippen LogP contribution in [-0.2, 0) is 0 Å². The Bertz CT molecular complexity index is 2470. The van der Waals surface area contributed by atoms with E-state index in [-0.39, 0.29) is 0 Å². The molecule has 0 radical (unpaired) electrons. The van der Waals surface area contributed by atoms with Gasteiger partial charge in [-0.3, -0.25) is 0 Å². The predicted octanol–water partition coefficient (Wildman–Crippen LogP) is 12.1. The minimum atomic E-state index is 1.15. The Morgan fingerprint density at radius 3 is 1.74 bits per heavy atom. The maximum absolute atomic E-state index is 2.48. The smallest absolute Gasteiger partial charge is 0.0555 e. The van der Waals surface area contributed by atoms with Crippen LogP contribution in [0.5, 0.6) is 0 Å². The molecular formula is C40H25NS. The first-order valence-electron chi connectivity index (χ1n) is 14.4. The van der Waals surface area contributed by atoms with Crippen molar-refractivity contribution in [3.8, 4) is 0 Å². The quantitative estimate of drug-likeness (QED) is 0.197. The Morgan fingerprint density at radius 2 is 0.952 bits per heavy atom. The van der Waals surface area contributed by atoms with Crippen LogP contribution in [0.3, 0.4) is 0 Å². The second-order valence-corrected chi connectivity index (χ2v) is 12.0. The summed E-state index contributed by atoms with van der Waals surface area (Å²) in [5, 5.41) is 12.8.